The molecule has 0 unspecified atom stereocenters. The van der Waals surface area contributed by atoms with E-state index in [1.807, 2.05) is 30.5 Å². The van der Waals surface area contributed by atoms with Crippen LogP contribution in [0, 0.1) is 30.4 Å². The van der Waals surface area contributed by atoms with Crippen LogP contribution in [0.4, 0.5) is 0 Å². The Balaban J connectivity index is 0.000000217. The Kier molecular flexibility index (Phi) is 12.3. The number of furan rings is 1. The van der Waals surface area contributed by atoms with Crippen molar-refractivity contribution in [1.82, 2.24) is 9.97 Å². The number of benzene rings is 5. The average molecular weight is 929 g/mol. The topological polar surface area (TPSA) is 38.9 Å². The van der Waals surface area contributed by atoms with E-state index in [0.717, 1.165) is 62.9 Å². The van der Waals surface area contributed by atoms with Crippen LogP contribution in [0.5, 0.6) is 0 Å². The number of rotatable bonds is 7. The molecule has 0 aliphatic heterocycles. The maximum Gasteiger partial charge on any atom is 0.121 e. The molecule has 0 spiro atoms. The molecule has 3 heterocycles. The average Bonchev–Trinajstić information content (AvgIpc) is 3.53. The Morgan fingerprint density at radius 2 is 1.39 bits per heavy atom. The Hall–Kier alpha value is -4.67. The molecule has 56 heavy (non-hydrogen) atoms. The van der Waals surface area contributed by atoms with Crippen molar-refractivity contribution in [2.75, 3.05) is 0 Å². The third-order valence-electron chi connectivity index (χ3n) is 10.1. The van der Waals surface area contributed by atoms with Crippen LogP contribution < -0.4 is 5.19 Å². The van der Waals surface area contributed by atoms with E-state index in [4.69, 9.17) is 9.40 Å². The molecule has 0 saturated heterocycles. The standard InChI is InChI=1S/C33H28NO.C18H24NSi.Ir/c1-21-20-34-30(17-26(21)19-33(2,3)4)29-11-7-10-28-27-15-14-25(18-31(27)35-32(28)29)24-13-12-22-8-5-6-9-23(22)16-24;1-14(2)11-16-12-17(15-9-7-6-8-10-15)19-13-18(16)20(3,4)5;/h5-10,12-18,20H,19H2,1-4H3;6-9,12-14H,11H2,1-5H3;/q2*-1;. The van der Waals surface area contributed by atoms with Crippen molar-refractivity contribution in [1.29, 1.82) is 0 Å². The number of aryl methyl sites for hydroxylation is 1. The summed E-state index contributed by atoms with van der Waals surface area (Å²) in [7, 11) is -1.34. The van der Waals surface area contributed by atoms with Gasteiger partial charge in [-0.05, 0) is 87.3 Å². The predicted octanol–water partition coefficient (Wildman–Crippen LogP) is 13.5. The Labute approximate surface area is 348 Å². The predicted molar refractivity (Wildman–Crippen MR) is 237 cm³/mol. The molecule has 0 atom stereocenters. The summed E-state index contributed by atoms with van der Waals surface area (Å²) in [4.78, 5) is 9.45. The fourth-order valence-electron chi connectivity index (χ4n) is 7.43. The normalized spacial score (nSPS) is 11.8. The van der Waals surface area contributed by atoms with Gasteiger partial charge < -0.3 is 14.4 Å². The van der Waals surface area contributed by atoms with E-state index in [1.54, 1.807) is 0 Å². The van der Waals surface area contributed by atoms with Crippen LogP contribution in [-0.2, 0) is 32.9 Å². The number of hydrogen-bond donors (Lipinski definition) is 0. The first-order valence-electron chi connectivity index (χ1n) is 19.5. The summed E-state index contributed by atoms with van der Waals surface area (Å²) in [6, 6.07) is 44.9. The maximum atomic E-state index is 6.49. The number of pyridine rings is 2. The van der Waals surface area contributed by atoms with Gasteiger partial charge >= 0.3 is 0 Å². The minimum Gasteiger partial charge on any atom is -0.501 e. The molecule has 0 N–H and O–H groups in total. The van der Waals surface area contributed by atoms with Crippen molar-refractivity contribution < 1.29 is 24.5 Å². The van der Waals surface area contributed by atoms with Gasteiger partial charge in [-0.25, -0.2) is 0 Å². The smallest absolute Gasteiger partial charge is 0.121 e. The fourth-order valence-corrected chi connectivity index (χ4v) is 9.01. The molecule has 8 aromatic rings. The van der Waals surface area contributed by atoms with Crippen LogP contribution >= 0.6 is 0 Å². The summed E-state index contributed by atoms with van der Waals surface area (Å²) in [5, 5.41) is 6.19. The number of nitrogens with zero attached hydrogens (tertiary/aromatic N) is 2. The zero-order valence-electron chi connectivity index (χ0n) is 34.2. The molecule has 0 amide bonds. The summed E-state index contributed by atoms with van der Waals surface area (Å²) < 4.78 is 6.49. The molecule has 8 rings (SSSR count). The molecular formula is C51H52IrN2OSi-2. The second kappa shape index (κ2) is 16.8. The van der Waals surface area contributed by atoms with Gasteiger partial charge in [0, 0.05) is 37.9 Å². The Bertz CT molecular complexity index is 2610. The first-order valence-corrected chi connectivity index (χ1v) is 23.0. The monoisotopic (exact) mass is 929 g/mol. The molecule has 5 heteroatoms. The van der Waals surface area contributed by atoms with Crippen LogP contribution in [-0.4, -0.2) is 18.0 Å². The van der Waals surface area contributed by atoms with Crippen LogP contribution in [0.25, 0.3) is 66.4 Å². The van der Waals surface area contributed by atoms with Crippen LogP contribution in [0.2, 0.25) is 19.6 Å². The first-order chi connectivity index (χ1) is 26.2. The molecule has 0 fully saturated rings. The van der Waals surface area contributed by atoms with E-state index in [-0.39, 0.29) is 25.5 Å². The van der Waals surface area contributed by atoms with E-state index in [9.17, 15) is 0 Å². The van der Waals surface area contributed by atoms with E-state index in [0.29, 0.717) is 5.92 Å². The van der Waals surface area contributed by atoms with Crippen molar-refractivity contribution in [3.8, 4) is 33.6 Å². The third kappa shape index (κ3) is 9.29. The molecule has 3 nitrogen and oxygen atoms in total. The summed E-state index contributed by atoms with van der Waals surface area (Å²) >= 11 is 0. The molecule has 3 aromatic heterocycles. The molecule has 5 aromatic carbocycles. The molecule has 0 saturated carbocycles. The van der Waals surface area contributed by atoms with Gasteiger partial charge in [0.2, 0.25) is 0 Å². The fraction of sp³-hybridized carbons (Fsp3) is 0.255. The van der Waals surface area contributed by atoms with Crippen molar-refractivity contribution in [2.24, 2.45) is 11.3 Å². The summed E-state index contributed by atoms with van der Waals surface area (Å²) in [5.41, 5.74) is 12.2. The maximum absolute atomic E-state index is 6.49. The van der Waals surface area contributed by atoms with E-state index in [2.05, 4.69) is 169 Å². The molecule has 0 bridgehead atoms. The van der Waals surface area contributed by atoms with Gasteiger partial charge in [0.25, 0.3) is 0 Å². The van der Waals surface area contributed by atoms with E-state index in [1.165, 1.54) is 38.2 Å². The summed E-state index contributed by atoms with van der Waals surface area (Å²) in [5.74, 6) is 0.667. The van der Waals surface area contributed by atoms with E-state index >= 15 is 0 Å². The van der Waals surface area contributed by atoms with Gasteiger partial charge in [-0.2, -0.15) is 0 Å². The van der Waals surface area contributed by atoms with Gasteiger partial charge in [-0.3, -0.25) is 0 Å². The molecule has 0 aliphatic rings. The Morgan fingerprint density at radius 3 is 2.11 bits per heavy atom. The van der Waals surface area contributed by atoms with Crippen molar-refractivity contribution in [2.45, 2.75) is 74.0 Å². The van der Waals surface area contributed by atoms with Gasteiger partial charge in [-0.15, -0.1) is 54.1 Å². The van der Waals surface area contributed by atoms with Gasteiger partial charge in [-0.1, -0.05) is 137 Å². The molecular weight excluding hydrogens is 877 g/mol. The summed E-state index contributed by atoms with van der Waals surface area (Å²) in [6.07, 6.45) is 6.21. The Morgan fingerprint density at radius 1 is 0.696 bits per heavy atom. The van der Waals surface area contributed by atoms with Crippen molar-refractivity contribution in [3.63, 3.8) is 0 Å². The number of aromatic nitrogens is 2. The molecule has 1 radical (unpaired) electrons. The largest absolute Gasteiger partial charge is 0.501 e. The van der Waals surface area contributed by atoms with Crippen molar-refractivity contribution in [3.05, 3.63) is 150 Å². The van der Waals surface area contributed by atoms with Crippen LogP contribution in [0.15, 0.2) is 126 Å². The molecule has 0 aliphatic carbocycles. The zero-order valence-corrected chi connectivity index (χ0v) is 37.6. The molecule has 287 valence electrons. The van der Waals surface area contributed by atoms with Gasteiger partial charge in [0.05, 0.1) is 13.7 Å². The van der Waals surface area contributed by atoms with Crippen molar-refractivity contribution >= 4 is 46.0 Å². The van der Waals surface area contributed by atoms with Crippen LogP contribution in [0.3, 0.4) is 0 Å². The minimum atomic E-state index is -1.34. The third-order valence-corrected chi connectivity index (χ3v) is 12.2. The zero-order chi connectivity index (χ0) is 38.9. The summed E-state index contributed by atoms with van der Waals surface area (Å²) in [6.45, 7) is 20.7. The van der Waals surface area contributed by atoms with E-state index < -0.39 is 8.07 Å². The number of hydrogen-bond acceptors (Lipinski definition) is 3. The van der Waals surface area contributed by atoms with Gasteiger partial charge in [0.15, 0.2) is 0 Å². The quantitative estimate of drug-likeness (QED) is 0.118. The minimum absolute atomic E-state index is 0. The second-order valence-electron chi connectivity index (χ2n) is 17.6. The van der Waals surface area contributed by atoms with Gasteiger partial charge in [0.1, 0.15) is 5.58 Å². The number of fused-ring (bicyclic) bond motifs is 4. The van der Waals surface area contributed by atoms with Crippen LogP contribution in [0.1, 0.15) is 51.3 Å². The first kappa shape index (κ1) is 41.0. The SMILES string of the molecule is CC(C)Cc1cc(-c2[c-]cccc2)ncc1[Si](C)(C)C.Cc1cnc(-c2[c-]ccc3c2oc2cc(-c4ccc5ccccc5c4)ccc23)cc1CC(C)(C)C.[Ir]. The second-order valence-corrected chi connectivity index (χ2v) is 22.6.